The van der Waals surface area contributed by atoms with Crippen molar-refractivity contribution in [1.82, 2.24) is 4.98 Å². The van der Waals surface area contributed by atoms with Crippen LogP contribution in [-0.2, 0) is 6.18 Å². The Morgan fingerprint density at radius 3 is 2.44 bits per heavy atom. The number of fused-ring (bicyclic) bond motifs is 1. The zero-order valence-electron chi connectivity index (χ0n) is 8.73. The maximum atomic E-state index is 12.7. The second-order valence-electron chi connectivity index (χ2n) is 3.49. The molecule has 2 N–H and O–H groups in total. The summed E-state index contributed by atoms with van der Waals surface area (Å²) in [6.07, 6.45) is -4.83. The van der Waals surface area contributed by atoms with Gasteiger partial charge in [0.1, 0.15) is 5.69 Å². The smallest absolute Gasteiger partial charge is 0.391 e. The van der Waals surface area contributed by atoms with Crippen LogP contribution in [0, 0.1) is 10.1 Å². The summed E-state index contributed by atoms with van der Waals surface area (Å²) < 4.78 is 38.0. The highest BCUT2D eigenvalue weighted by atomic mass is 19.4. The second-order valence-corrected chi connectivity index (χ2v) is 3.49. The largest absolute Gasteiger partial charge is 0.435 e. The fourth-order valence-corrected chi connectivity index (χ4v) is 1.62. The molecule has 0 bridgehead atoms. The number of nitrogens with two attached hydrogens (primary N) is 1. The second kappa shape index (κ2) is 3.83. The summed E-state index contributed by atoms with van der Waals surface area (Å²) in [6, 6.07) is 5.47. The third-order valence-electron chi connectivity index (χ3n) is 2.35. The first kappa shape index (κ1) is 12.1. The Hall–Kier alpha value is -2.38. The molecule has 8 heteroatoms. The van der Waals surface area contributed by atoms with Crippen LogP contribution >= 0.6 is 0 Å². The number of alkyl halides is 3. The van der Waals surface area contributed by atoms with Crippen molar-refractivity contribution in [2.75, 3.05) is 5.73 Å². The number of pyridine rings is 1. The summed E-state index contributed by atoms with van der Waals surface area (Å²) in [6.45, 7) is 0. The summed E-state index contributed by atoms with van der Waals surface area (Å²) in [5, 5.41) is 10.8. The van der Waals surface area contributed by atoms with Crippen molar-refractivity contribution in [2.45, 2.75) is 6.18 Å². The number of nitrogen functional groups attached to an aromatic ring is 1. The lowest BCUT2D eigenvalue weighted by molar-refractivity contribution is -0.382. The van der Waals surface area contributed by atoms with E-state index in [1.54, 1.807) is 0 Å². The van der Waals surface area contributed by atoms with E-state index in [0.717, 1.165) is 0 Å². The van der Waals surface area contributed by atoms with Gasteiger partial charge in [0.15, 0.2) is 5.69 Å². The molecule has 0 spiro atoms. The molecule has 0 unspecified atom stereocenters. The van der Waals surface area contributed by atoms with Gasteiger partial charge >= 0.3 is 11.9 Å². The van der Waals surface area contributed by atoms with Crippen molar-refractivity contribution in [1.29, 1.82) is 0 Å². The first-order valence-corrected chi connectivity index (χ1v) is 4.72. The Kier molecular flexibility index (Phi) is 2.57. The average Bonchev–Trinajstić information content (AvgIpc) is 2.26. The Morgan fingerprint density at radius 2 is 1.89 bits per heavy atom. The molecule has 5 nitrogen and oxygen atoms in total. The topological polar surface area (TPSA) is 82.0 Å². The lowest BCUT2D eigenvalue weighted by Crippen LogP contribution is -2.13. The van der Waals surface area contributed by atoms with Crippen LogP contribution in [0.4, 0.5) is 24.5 Å². The third kappa shape index (κ3) is 1.81. The summed E-state index contributed by atoms with van der Waals surface area (Å²) >= 11 is 0. The molecule has 0 saturated carbocycles. The predicted molar refractivity (Wildman–Crippen MR) is 57.8 cm³/mol. The quantitative estimate of drug-likeness (QED) is 0.629. The van der Waals surface area contributed by atoms with Crippen molar-refractivity contribution >= 4 is 22.3 Å². The number of hydrogen-bond donors (Lipinski definition) is 1. The molecule has 1 aromatic heterocycles. The molecule has 0 aliphatic heterocycles. The van der Waals surface area contributed by atoms with Gasteiger partial charge in [0, 0.05) is 0 Å². The molecular formula is C10H6F3N3O2. The molecule has 94 valence electrons. The molecule has 2 rings (SSSR count). The van der Waals surface area contributed by atoms with Gasteiger partial charge in [-0.1, -0.05) is 12.1 Å². The highest BCUT2D eigenvalue weighted by molar-refractivity contribution is 5.94. The van der Waals surface area contributed by atoms with E-state index >= 15 is 0 Å². The van der Waals surface area contributed by atoms with Crippen LogP contribution in [0.5, 0.6) is 0 Å². The van der Waals surface area contributed by atoms with E-state index in [1.165, 1.54) is 24.3 Å². The number of nitrogens with zero attached hydrogens (tertiary/aromatic N) is 2. The van der Waals surface area contributed by atoms with Crippen LogP contribution < -0.4 is 5.73 Å². The minimum absolute atomic E-state index is 0.0204. The summed E-state index contributed by atoms with van der Waals surface area (Å²) in [5.74, 6) is 0. The molecule has 0 atom stereocenters. The lowest BCUT2D eigenvalue weighted by atomic mass is 10.1. The maximum absolute atomic E-state index is 12.7. The van der Waals surface area contributed by atoms with E-state index in [-0.39, 0.29) is 10.9 Å². The molecule has 0 aliphatic carbocycles. The summed E-state index contributed by atoms with van der Waals surface area (Å²) in [4.78, 5) is 13.2. The fourth-order valence-electron chi connectivity index (χ4n) is 1.62. The molecule has 2 aromatic rings. The molecule has 0 fully saturated rings. The van der Waals surface area contributed by atoms with Crippen LogP contribution in [0.1, 0.15) is 5.69 Å². The van der Waals surface area contributed by atoms with Crippen LogP contribution in [0.2, 0.25) is 0 Å². The number of hydrogen-bond acceptors (Lipinski definition) is 4. The SMILES string of the molecule is Nc1c(C(F)(F)F)nc2ccccc2c1[N+](=O)[O-]. The standard InChI is InChI=1S/C10H6F3N3O2/c11-10(12,13)9-7(14)8(16(17)18)5-3-1-2-4-6(5)15-9/h1-4H,14H2. The molecule has 0 saturated heterocycles. The van der Waals surface area contributed by atoms with Gasteiger partial charge in [-0.25, -0.2) is 4.98 Å². The first-order chi connectivity index (χ1) is 8.32. The van der Waals surface area contributed by atoms with Gasteiger partial charge in [-0.3, -0.25) is 10.1 Å². The zero-order chi connectivity index (χ0) is 13.5. The average molecular weight is 257 g/mol. The van der Waals surface area contributed by atoms with Crippen molar-refractivity contribution in [3.8, 4) is 0 Å². The Labute approximate surface area is 98.2 Å². The van der Waals surface area contributed by atoms with Crippen molar-refractivity contribution in [3.63, 3.8) is 0 Å². The zero-order valence-corrected chi connectivity index (χ0v) is 8.73. The van der Waals surface area contributed by atoms with Crippen molar-refractivity contribution < 1.29 is 18.1 Å². The molecular weight excluding hydrogens is 251 g/mol. The van der Waals surface area contributed by atoms with E-state index in [9.17, 15) is 23.3 Å². The predicted octanol–water partition coefficient (Wildman–Crippen LogP) is 2.74. The maximum Gasteiger partial charge on any atom is 0.435 e. The van der Waals surface area contributed by atoms with E-state index in [2.05, 4.69) is 4.98 Å². The number of rotatable bonds is 1. The van der Waals surface area contributed by atoms with Crippen LogP contribution in [-0.4, -0.2) is 9.91 Å². The van der Waals surface area contributed by atoms with Gasteiger partial charge in [0.2, 0.25) is 0 Å². The minimum Gasteiger partial charge on any atom is -0.391 e. The highest BCUT2D eigenvalue weighted by Gasteiger charge is 2.39. The Morgan fingerprint density at radius 1 is 1.28 bits per heavy atom. The Bertz CT molecular complexity index is 640. The first-order valence-electron chi connectivity index (χ1n) is 4.72. The number of halogens is 3. The number of benzene rings is 1. The Balaban J connectivity index is 2.93. The van der Waals surface area contributed by atoms with E-state index in [0.29, 0.717) is 0 Å². The minimum atomic E-state index is -4.83. The van der Waals surface area contributed by atoms with Gasteiger partial charge in [0.25, 0.3) is 0 Å². The number of anilines is 1. The lowest BCUT2D eigenvalue weighted by Gasteiger charge is -2.10. The normalized spacial score (nSPS) is 11.7. The van der Waals surface area contributed by atoms with E-state index in [1.807, 2.05) is 0 Å². The van der Waals surface area contributed by atoms with Crippen LogP contribution in [0.15, 0.2) is 24.3 Å². The van der Waals surface area contributed by atoms with E-state index in [4.69, 9.17) is 5.73 Å². The van der Waals surface area contributed by atoms with Crippen molar-refractivity contribution in [2.24, 2.45) is 0 Å². The molecule has 0 amide bonds. The van der Waals surface area contributed by atoms with Gasteiger partial charge in [-0.05, 0) is 12.1 Å². The van der Waals surface area contributed by atoms with Crippen LogP contribution in [0.25, 0.3) is 10.9 Å². The number of nitro groups is 1. The summed E-state index contributed by atoms with van der Waals surface area (Å²) in [7, 11) is 0. The molecule has 1 aromatic carbocycles. The van der Waals surface area contributed by atoms with Crippen molar-refractivity contribution in [3.05, 3.63) is 40.1 Å². The monoisotopic (exact) mass is 257 g/mol. The van der Waals surface area contributed by atoms with Gasteiger partial charge < -0.3 is 5.73 Å². The highest BCUT2D eigenvalue weighted by Crippen LogP contribution is 2.40. The summed E-state index contributed by atoms with van der Waals surface area (Å²) in [5.41, 5.74) is 1.92. The van der Waals surface area contributed by atoms with Crippen LogP contribution in [0.3, 0.4) is 0 Å². The van der Waals surface area contributed by atoms with Gasteiger partial charge in [-0.2, -0.15) is 13.2 Å². The third-order valence-corrected chi connectivity index (χ3v) is 2.35. The number of aromatic nitrogens is 1. The molecule has 0 radical (unpaired) electrons. The fraction of sp³-hybridized carbons (Fsp3) is 0.100. The van der Waals surface area contributed by atoms with E-state index < -0.39 is 28.2 Å². The molecule has 1 heterocycles. The molecule has 0 aliphatic rings. The molecule has 18 heavy (non-hydrogen) atoms. The van der Waals surface area contributed by atoms with Gasteiger partial charge in [0.05, 0.1) is 15.8 Å². The number of para-hydroxylation sites is 1. The van der Waals surface area contributed by atoms with Gasteiger partial charge in [-0.15, -0.1) is 0 Å².